The normalized spacial score (nSPS) is 12.6. The summed E-state index contributed by atoms with van der Waals surface area (Å²) in [4.78, 5) is 0.932. The van der Waals surface area contributed by atoms with Crippen molar-refractivity contribution in [3.05, 3.63) is 35.9 Å². The third-order valence-corrected chi connectivity index (χ3v) is 2.77. The molecule has 14 heavy (non-hydrogen) atoms. The first kappa shape index (κ1) is 11.2. The number of rotatable bonds is 3. The van der Waals surface area contributed by atoms with Gasteiger partial charge < -0.3 is 5.32 Å². The van der Waals surface area contributed by atoms with Gasteiger partial charge in [0.2, 0.25) is 0 Å². The van der Waals surface area contributed by atoms with E-state index in [-0.39, 0.29) is 0 Å². The van der Waals surface area contributed by atoms with Crippen LogP contribution in [-0.2, 0) is 0 Å². The Morgan fingerprint density at radius 1 is 1.14 bits per heavy atom. The van der Waals surface area contributed by atoms with Gasteiger partial charge in [-0.3, -0.25) is 0 Å². The molecule has 1 nitrogen and oxygen atoms in total. The lowest BCUT2D eigenvalue weighted by atomic mass is 10.1. The summed E-state index contributed by atoms with van der Waals surface area (Å²) >= 11 is 5.24. The van der Waals surface area contributed by atoms with Crippen LogP contribution in [0.5, 0.6) is 0 Å². The standard InChI is InChI=1S/C12H17NS/c1-9(2)12(14)13-10(3)11-7-5-4-6-8-11/h4-10H,1-3H3,(H,13,14). The van der Waals surface area contributed by atoms with Crippen LogP contribution < -0.4 is 5.32 Å². The molecule has 1 rings (SSSR count). The van der Waals surface area contributed by atoms with E-state index in [1.54, 1.807) is 0 Å². The van der Waals surface area contributed by atoms with Crippen LogP contribution in [0.1, 0.15) is 32.4 Å². The molecule has 1 atom stereocenters. The van der Waals surface area contributed by atoms with Crippen molar-refractivity contribution in [2.45, 2.75) is 26.8 Å². The van der Waals surface area contributed by atoms with Crippen molar-refractivity contribution in [1.82, 2.24) is 5.32 Å². The smallest absolute Gasteiger partial charge is 0.0783 e. The largest absolute Gasteiger partial charge is 0.373 e. The minimum absolute atomic E-state index is 0.297. The summed E-state index contributed by atoms with van der Waals surface area (Å²) in [6.45, 7) is 6.34. The third-order valence-electron chi connectivity index (χ3n) is 2.18. The second kappa shape index (κ2) is 5.11. The molecule has 0 aromatic heterocycles. The Balaban J connectivity index is 2.59. The summed E-state index contributed by atoms with van der Waals surface area (Å²) in [6.07, 6.45) is 0. The van der Waals surface area contributed by atoms with Gasteiger partial charge in [-0.15, -0.1) is 0 Å². The molecule has 0 fully saturated rings. The molecule has 76 valence electrons. The maximum Gasteiger partial charge on any atom is 0.0783 e. The molecule has 1 aromatic carbocycles. The molecule has 1 unspecified atom stereocenters. The van der Waals surface area contributed by atoms with Gasteiger partial charge in [0.05, 0.1) is 4.99 Å². The Morgan fingerprint density at radius 3 is 2.21 bits per heavy atom. The molecule has 0 amide bonds. The predicted molar refractivity (Wildman–Crippen MR) is 65.4 cm³/mol. The number of hydrogen-bond donors (Lipinski definition) is 1. The van der Waals surface area contributed by atoms with E-state index >= 15 is 0 Å². The maximum atomic E-state index is 5.24. The van der Waals surface area contributed by atoms with Gasteiger partial charge in [-0.05, 0) is 12.5 Å². The molecule has 0 aliphatic rings. The van der Waals surface area contributed by atoms with E-state index in [1.165, 1.54) is 5.56 Å². The van der Waals surface area contributed by atoms with Gasteiger partial charge in [-0.2, -0.15) is 0 Å². The minimum atomic E-state index is 0.297. The molecule has 1 N–H and O–H groups in total. The van der Waals surface area contributed by atoms with Gasteiger partial charge in [0.25, 0.3) is 0 Å². The molecule has 0 aliphatic carbocycles. The monoisotopic (exact) mass is 207 g/mol. The molecule has 0 saturated heterocycles. The Hall–Kier alpha value is -0.890. The van der Waals surface area contributed by atoms with Crippen molar-refractivity contribution in [1.29, 1.82) is 0 Å². The van der Waals surface area contributed by atoms with Gasteiger partial charge >= 0.3 is 0 Å². The molecule has 0 saturated carbocycles. The zero-order valence-electron chi connectivity index (χ0n) is 8.95. The van der Waals surface area contributed by atoms with Crippen LogP contribution in [0.25, 0.3) is 0 Å². The summed E-state index contributed by atoms with van der Waals surface area (Å²) in [5, 5.41) is 3.33. The van der Waals surface area contributed by atoms with E-state index in [0.717, 1.165) is 4.99 Å². The number of thiocarbonyl (C=S) groups is 1. The van der Waals surface area contributed by atoms with Gasteiger partial charge in [0, 0.05) is 12.0 Å². The summed E-state index contributed by atoms with van der Waals surface area (Å²) < 4.78 is 0. The average Bonchev–Trinajstić information content (AvgIpc) is 2.19. The third kappa shape index (κ3) is 3.11. The van der Waals surface area contributed by atoms with E-state index in [9.17, 15) is 0 Å². The lowest BCUT2D eigenvalue weighted by Crippen LogP contribution is -2.28. The van der Waals surface area contributed by atoms with Crippen LogP contribution in [0.2, 0.25) is 0 Å². The highest BCUT2D eigenvalue weighted by molar-refractivity contribution is 7.80. The van der Waals surface area contributed by atoms with E-state index < -0.39 is 0 Å². The number of hydrogen-bond acceptors (Lipinski definition) is 1. The number of benzene rings is 1. The first-order valence-electron chi connectivity index (χ1n) is 4.96. The fraction of sp³-hybridized carbons (Fsp3) is 0.417. The summed E-state index contributed by atoms with van der Waals surface area (Å²) in [5.41, 5.74) is 1.27. The van der Waals surface area contributed by atoms with Crippen molar-refractivity contribution in [3.8, 4) is 0 Å². The van der Waals surface area contributed by atoms with Crippen molar-refractivity contribution >= 4 is 17.2 Å². The molecular formula is C12H17NS. The second-order valence-corrected chi connectivity index (χ2v) is 4.24. The van der Waals surface area contributed by atoms with E-state index in [2.05, 4.69) is 38.2 Å². The maximum absolute atomic E-state index is 5.24. The Morgan fingerprint density at radius 2 is 1.71 bits per heavy atom. The SMILES string of the molecule is CC(C)C(=S)NC(C)c1ccccc1. The molecule has 0 heterocycles. The highest BCUT2D eigenvalue weighted by atomic mass is 32.1. The molecule has 0 bridgehead atoms. The first-order valence-corrected chi connectivity index (χ1v) is 5.37. The van der Waals surface area contributed by atoms with E-state index in [1.807, 2.05) is 18.2 Å². The highest BCUT2D eigenvalue weighted by Gasteiger charge is 2.08. The molecule has 1 aromatic rings. The lowest BCUT2D eigenvalue weighted by Gasteiger charge is -2.18. The van der Waals surface area contributed by atoms with Crippen molar-refractivity contribution in [2.75, 3.05) is 0 Å². The summed E-state index contributed by atoms with van der Waals surface area (Å²) in [5.74, 6) is 0.413. The zero-order chi connectivity index (χ0) is 10.6. The number of nitrogens with one attached hydrogen (secondary N) is 1. The van der Waals surface area contributed by atoms with Gasteiger partial charge in [0.15, 0.2) is 0 Å². The molecule has 0 spiro atoms. The van der Waals surface area contributed by atoms with Crippen LogP contribution in [0.3, 0.4) is 0 Å². The van der Waals surface area contributed by atoms with Crippen LogP contribution in [-0.4, -0.2) is 4.99 Å². The molecular weight excluding hydrogens is 190 g/mol. The minimum Gasteiger partial charge on any atom is -0.373 e. The second-order valence-electron chi connectivity index (χ2n) is 3.80. The average molecular weight is 207 g/mol. The topological polar surface area (TPSA) is 12.0 Å². The first-order chi connectivity index (χ1) is 6.61. The van der Waals surface area contributed by atoms with Crippen molar-refractivity contribution in [2.24, 2.45) is 5.92 Å². The predicted octanol–water partition coefficient (Wildman–Crippen LogP) is 3.32. The highest BCUT2D eigenvalue weighted by Crippen LogP contribution is 2.12. The molecule has 2 heteroatoms. The van der Waals surface area contributed by atoms with Crippen molar-refractivity contribution < 1.29 is 0 Å². The van der Waals surface area contributed by atoms with Gasteiger partial charge in [0.1, 0.15) is 0 Å². The van der Waals surface area contributed by atoms with Gasteiger partial charge in [-0.1, -0.05) is 56.4 Å². The quantitative estimate of drug-likeness (QED) is 0.763. The molecule has 0 radical (unpaired) electrons. The molecule has 0 aliphatic heterocycles. The van der Waals surface area contributed by atoms with E-state index in [4.69, 9.17) is 12.2 Å². The summed E-state index contributed by atoms with van der Waals surface area (Å²) in [7, 11) is 0. The Kier molecular flexibility index (Phi) is 4.08. The van der Waals surface area contributed by atoms with Crippen LogP contribution in [0.4, 0.5) is 0 Å². The van der Waals surface area contributed by atoms with Crippen LogP contribution in [0.15, 0.2) is 30.3 Å². The zero-order valence-corrected chi connectivity index (χ0v) is 9.77. The summed E-state index contributed by atoms with van der Waals surface area (Å²) in [6, 6.07) is 10.6. The van der Waals surface area contributed by atoms with Crippen LogP contribution >= 0.6 is 12.2 Å². The van der Waals surface area contributed by atoms with E-state index in [0.29, 0.717) is 12.0 Å². The fourth-order valence-corrected chi connectivity index (χ4v) is 1.38. The van der Waals surface area contributed by atoms with Crippen LogP contribution in [0, 0.1) is 5.92 Å². The van der Waals surface area contributed by atoms with Gasteiger partial charge in [-0.25, -0.2) is 0 Å². The van der Waals surface area contributed by atoms with Crippen molar-refractivity contribution in [3.63, 3.8) is 0 Å². The fourth-order valence-electron chi connectivity index (χ4n) is 1.21. The lowest BCUT2D eigenvalue weighted by molar-refractivity contribution is 0.689. The Labute approximate surface area is 91.5 Å². The Bertz CT molecular complexity index is 292.